The zero-order valence-corrected chi connectivity index (χ0v) is 31.4. The number of nitrogens with zero attached hydrogens (tertiary/aromatic N) is 4. The summed E-state index contributed by atoms with van der Waals surface area (Å²) in [5.74, 6) is -3.34. The van der Waals surface area contributed by atoms with Gasteiger partial charge in [-0.3, -0.25) is 19.2 Å². The Morgan fingerprint density at radius 3 is 1.35 bits per heavy atom. The van der Waals surface area contributed by atoms with Gasteiger partial charge in [0.25, 0.3) is 0 Å². The molecular weight excluding hydrogens is 741 g/mol. The first-order valence-corrected chi connectivity index (χ1v) is 19.4. The van der Waals surface area contributed by atoms with E-state index in [0.717, 1.165) is 0 Å². The molecule has 4 amide bonds. The number of aromatic amines is 2. The molecule has 0 fully saturated rings. The molecule has 18 nitrogen and oxygen atoms in total. The summed E-state index contributed by atoms with van der Waals surface area (Å²) >= 11 is 0. The highest BCUT2D eigenvalue weighted by molar-refractivity contribution is 8.76. The van der Waals surface area contributed by atoms with Crippen molar-refractivity contribution in [2.24, 2.45) is 0 Å². The van der Waals surface area contributed by atoms with Crippen LogP contribution in [0.15, 0.2) is 74.1 Å². The van der Waals surface area contributed by atoms with Crippen LogP contribution < -0.4 is 21.3 Å². The normalized spacial score (nSPS) is 13.1. The highest BCUT2D eigenvalue weighted by atomic mass is 33.1. The van der Waals surface area contributed by atoms with Crippen molar-refractivity contribution in [1.29, 1.82) is 0 Å². The van der Waals surface area contributed by atoms with Gasteiger partial charge in [-0.25, -0.2) is 19.6 Å². The number of aromatic nitrogens is 6. The Morgan fingerprint density at radius 2 is 1.02 bits per heavy atom. The van der Waals surface area contributed by atoms with Gasteiger partial charge in [-0.2, -0.15) is 0 Å². The van der Waals surface area contributed by atoms with Crippen molar-refractivity contribution in [3.63, 3.8) is 0 Å². The smallest absolute Gasteiger partial charge is 0.328 e. The number of aryl methyl sites for hydroxylation is 2. The van der Waals surface area contributed by atoms with Crippen molar-refractivity contribution < 1.29 is 38.2 Å². The number of methoxy groups -OCH3 is 2. The highest BCUT2D eigenvalue weighted by Crippen LogP contribution is 2.24. The fourth-order valence-corrected chi connectivity index (χ4v) is 7.41. The Morgan fingerprint density at radius 1 is 0.630 bits per heavy atom. The van der Waals surface area contributed by atoms with Crippen LogP contribution in [0, 0.1) is 0 Å². The third kappa shape index (κ3) is 13.8. The number of carbonyl (C=O) groups is 6. The summed E-state index contributed by atoms with van der Waals surface area (Å²) in [6.45, 7) is 0.765. The number of rotatable bonds is 23. The third-order valence-corrected chi connectivity index (χ3v) is 10.4. The van der Waals surface area contributed by atoms with Crippen molar-refractivity contribution in [3.05, 3.63) is 85.5 Å². The van der Waals surface area contributed by atoms with Crippen LogP contribution in [0.1, 0.15) is 24.2 Å². The van der Waals surface area contributed by atoms with E-state index in [4.69, 9.17) is 9.47 Å². The van der Waals surface area contributed by atoms with Crippen molar-refractivity contribution in [2.75, 3.05) is 25.7 Å². The van der Waals surface area contributed by atoms with E-state index in [0.29, 0.717) is 24.5 Å². The number of hydrogen-bond acceptors (Lipinski definition) is 12. The van der Waals surface area contributed by atoms with E-state index in [1.807, 2.05) is 58.2 Å². The van der Waals surface area contributed by atoms with Crippen LogP contribution in [0.4, 0.5) is 0 Å². The van der Waals surface area contributed by atoms with Crippen LogP contribution in [-0.2, 0) is 64.2 Å². The van der Waals surface area contributed by atoms with Crippen molar-refractivity contribution in [2.45, 2.75) is 62.9 Å². The maximum atomic E-state index is 13.6. The number of amides is 4. The molecule has 0 aliphatic rings. The van der Waals surface area contributed by atoms with Crippen molar-refractivity contribution in [1.82, 2.24) is 50.3 Å². The van der Waals surface area contributed by atoms with Crippen LogP contribution in [0.5, 0.6) is 0 Å². The fourth-order valence-electron chi connectivity index (χ4n) is 5.08. The average molecular weight is 785 g/mol. The van der Waals surface area contributed by atoms with Gasteiger partial charge in [0.15, 0.2) is 0 Å². The molecule has 4 heterocycles. The average Bonchev–Trinajstić information content (AvgIpc) is 4.02. The molecule has 0 saturated carbocycles. The molecule has 4 rings (SSSR count). The minimum absolute atomic E-state index is 0.0320. The topological polar surface area (TPSA) is 236 Å². The molecule has 4 atom stereocenters. The number of ether oxygens (including phenoxy) is 2. The van der Waals surface area contributed by atoms with Gasteiger partial charge in [-0.05, 0) is 24.3 Å². The third-order valence-electron chi connectivity index (χ3n) is 7.94. The predicted molar refractivity (Wildman–Crippen MR) is 199 cm³/mol. The Bertz CT molecular complexity index is 1620. The predicted octanol–water partition coefficient (Wildman–Crippen LogP) is 0.368. The van der Waals surface area contributed by atoms with Gasteiger partial charge < -0.3 is 49.8 Å². The second kappa shape index (κ2) is 21.9. The van der Waals surface area contributed by atoms with Crippen LogP contribution in [0.2, 0.25) is 0 Å². The lowest BCUT2D eigenvalue weighted by Gasteiger charge is -2.23. The molecule has 54 heavy (non-hydrogen) atoms. The molecule has 4 aromatic rings. The maximum absolute atomic E-state index is 13.6. The first-order valence-electron chi connectivity index (χ1n) is 16.9. The summed E-state index contributed by atoms with van der Waals surface area (Å²) in [6.07, 6.45) is 13.5. The summed E-state index contributed by atoms with van der Waals surface area (Å²) in [4.78, 5) is 92.1. The van der Waals surface area contributed by atoms with Gasteiger partial charge >= 0.3 is 11.9 Å². The van der Waals surface area contributed by atoms with Crippen LogP contribution >= 0.6 is 21.6 Å². The number of H-pyrrole nitrogens is 2. The molecule has 0 saturated heterocycles. The van der Waals surface area contributed by atoms with E-state index in [2.05, 4.69) is 41.2 Å². The van der Waals surface area contributed by atoms with E-state index >= 15 is 0 Å². The monoisotopic (exact) mass is 784 g/mol. The van der Waals surface area contributed by atoms with Crippen LogP contribution in [0.3, 0.4) is 0 Å². The van der Waals surface area contributed by atoms with Gasteiger partial charge in [0.2, 0.25) is 23.6 Å². The minimum Gasteiger partial charge on any atom is -0.467 e. The molecule has 0 aromatic carbocycles. The summed E-state index contributed by atoms with van der Waals surface area (Å²) in [6, 6.07) is 3.02. The van der Waals surface area contributed by atoms with Crippen molar-refractivity contribution in [3.8, 4) is 0 Å². The second-order valence-electron chi connectivity index (χ2n) is 11.9. The van der Waals surface area contributed by atoms with E-state index in [1.165, 1.54) is 60.9 Å². The summed E-state index contributed by atoms with van der Waals surface area (Å²) < 4.78 is 13.5. The molecule has 4 aromatic heterocycles. The number of hydrogen-bond donors (Lipinski definition) is 6. The Labute approximate surface area is 319 Å². The van der Waals surface area contributed by atoms with Crippen LogP contribution in [0.25, 0.3) is 0 Å². The largest absolute Gasteiger partial charge is 0.467 e. The Hall–Kier alpha value is -5.50. The summed E-state index contributed by atoms with van der Waals surface area (Å²) in [7, 11) is 4.76. The molecule has 0 spiro atoms. The van der Waals surface area contributed by atoms with Crippen molar-refractivity contribution >= 4 is 57.2 Å². The second-order valence-corrected chi connectivity index (χ2v) is 14.4. The maximum Gasteiger partial charge on any atom is 0.328 e. The number of esters is 2. The van der Waals surface area contributed by atoms with E-state index in [1.54, 1.807) is 0 Å². The minimum atomic E-state index is -1.09. The molecule has 0 radical (unpaired) electrons. The van der Waals surface area contributed by atoms with E-state index in [9.17, 15) is 28.8 Å². The van der Waals surface area contributed by atoms with E-state index in [-0.39, 0.29) is 37.2 Å². The highest BCUT2D eigenvalue weighted by Gasteiger charge is 2.30. The molecule has 20 heteroatoms. The van der Waals surface area contributed by atoms with Gasteiger partial charge in [-0.1, -0.05) is 21.6 Å². The van der Waals surface area contributed by atoms with E-state index < -0.39 is 59.7 Å². The SMILES string of the molecule is COC(=O)[C@H](Cc1cnc[nH]1)NC(=O)[C@H](CSSC[C@H](NC(=O)CCn1cccc1)C(=O)N[C@@H](Cc1cnc[nH]1)C(=O)OC)NC(=O)CCn1cccc1. The molecule has 290 valence electrons. The lowest BCUT2D eigenvalue weighted by molar-refractivity contribution is -0.145. The molecule has 0 aliphatic carbocycles. The fraction of sp³-hybridized carbons (Fsp3) is 0.412. The quantitative estimate of drug-likeness (QED) is 0.0340. The standard InChI is InChI=1S/C34H44N10O8S2/c1-51-33(49)25(15-23-17-35-21-37-23)41-31(47)27(39-29(45)7-13-43-9-3-4-10-43)19-53-54-20-28(40-30(46)8-14-44-11-5-6-12-44)32(48)42-26(34(50)52-2)16-24-18-36-22-38-24/h3-6,9-12,17-18,21-22,25-28H,7-8,13-16,19-20H2,1-2H3,(H,35,37)(H,36,38)(H,39,45)(H,40,46)(H,41,47)(H,42,48)/t25-,26-,27-,28-/m0/s1. The molecule has 0 unspecified atom stereocenters. The summed E-state index contributed by atoms with van der Waals surface area (Å²) in [5.41, 5.74) is 1.17. The number of imidazole rings is 2. The first-order chi connectivity index (χ1) is 26.1. The number of nitrogens with one attached hydrogen (secondary N) is 6. The zero-order valence-electron chi connectivity index (χ0n) is 29.8. The zero-order chi connectivity index (χ0) is 38.7. The number of carbonyl (C=O) groups excluding carboxylic acids is 6. The molecule has 6 N–H and O–H groups in total. The van der Waals surface area contributed by atoms with Gasteiger partial charge in [0.05, 0.1) is 26.9 Å². The lowest BCUT2D eigenvalue weighted by Crippen LogP contribution is -2.54. The first kappa shape index (κ1) is 41.3. The van der Waals surface area contributed by atoms with Crippen LogP contribution in [-0.4, -0.2) is 115 Å². The lowest BCUT2D eigenvalue weighted by atomic mass is 10.1. The Kier molecular flexibility index (Phi) is 16.7. The van der Waals surface area contributed by atoms with Gasteiger partial charge in [0.1, 0.15) is 24.2 Å². The summed E-state index contributed by atoms with van der Waals surface area (Å²) in [5, 5.41) is 10.9. The van der Waals surface area contributed by atoms with Gasteiger partial charge in [-0.15, -0.1) is 0 Å². The molecule has 0 aliphatic heterocycles. The Balaban J connectivity index is 1.43. The van der Waals surface area contributed by atoms with Gasteiger partial charge in [0, 0.05) is 98.8 Å². The molecule has 0 bridgehead atoms. The molecular formula is C34H44N10O8S2.